The van der Waals surface area contributed by atoms with E-state index < -0.39 is 0 Å². The number of nitrogens with zero attached hydrogens (tertiary/aromatic N) is 4. The molecule has 0 fully saturated rings. The van der Waals surface area contributed by atoms with Crippen LogP contribution in [0.15, 0.2) is 164 Å². The van der Waals surface area contributed by atoms with Crippen LogP contribution in [-0.4, -0.2) is 22.8 Å². The molecule has 4 aromatic carbocycles. The summed E-state index contributed by atoms with van der Waals surface area (Å²) in [7, 11) is 0. The zero-order chi connectivity index (χ0) is 38.8. The predicted octanol–water partition coefficient (Wildman–Crippen LogP) is 14.9. The van der Waals surface area contributed by atoms with Gasteiger partial charge >= 0.3 is 0 Å². The Bertz CT molecular complexity index is 2410. The van der Waals surface area contributed by atoms with Crippen molar-refractivity contribution in [3.63, 3.8) is 0 Å². The maximum Gasteiger partial charge on any atom is 0.0739 e. The second-order valence-corrected chi connectivity index (χ2v) is 16.0. The molecule has 56 heavy (non-hydrogen) atoms. The number of halogens is 8. The molecule has 9 rings (SSSR count). The lowest BCUT2D eigenvalue weighted by atomic mass is 9.98. The molecule has 0 unspecified atom stereocenters. The fourth-order valence-electron chi connectivity index (χ4n) is 7.06. The summed E-state index contributed by atoms with van der Waals surface area (Å²) < 4.78 is 0. The number of rotatable bonds is 4. The molecule has 272 valence electrons. The van der Waals surface area contributed by atoms with E-state index in [4.69, 9.17) is 113 Å². The molecule has 8 bridgehead atoms. The first-order valence-corrected chi connectivity index (χ1v) is 19.9. The van der Waals surface area contributed by atoms with E-state index in [-0.39, 0.29) is 0 Å². The summed E-state index contributed by atoms with van der Waals surface area (Å²) in [5.41, 5.74) is 8.93. The minimum Gasteiger partial charge on any atom is -0.248 e. The summed E-state index contributed by atoms with van der Waals surface area (Å²) in [5, 5.41) is 3.32. The Balaban J connectivity index is 1.44. The van der Waals surface area contributed by atoms with Crippen molar-refractivity contribution in [2.45, 2.75) is 0 Å². The summed E-state index contributed by atoms with van der Waals surface area (Å²) in [5.74, 6) is 0. The van der Waals surface area contributed by atoms with Gasteiger partial charge < -0.3 is 0 Å². The van der Waals surface area contributed by atoms with Gasteiger partial charge in [-0.3, -0.25) is 0 Å². The number of benzene rings is 4. The maximum absolute atomic E-state index is 6.93. The van der Waals surface area contributed by atoms with E-state index >= 15 is 0 Å². The van der Waals surface area contributed by atoms with Crippen LogP contribution in [0.1, 0.15) is 22.3 Å². The molecular formula is C44H20Cl8N4. The van der Waals surface area contributed by atoms with Gasteiger partial charge in [-0.15, -0.1) is 0 Å². The summed E-state index contributed by atoms with van der Waals surface area (Å²) in [6, 6.07) is 21.3. The zero-order valence-electron chi connectivity index (χ0n) is 28.4. The highest BCUT2D eigenvalue weighted by molar-refractivity contribution is 6.48. The number of fused-ring (bicyclic) bond motifs is 4. The number of hydrogen-bond donors (Lipinski definition) is 0. The van der Waals surface area contributed by atoms with Crippen LogP contribution in [0.3, 0.4) is 0 Å². The van der Waals surface area contributed by atoms with Crippen molar-refractivity contribution < 1.29 is 0 Å². The third-order valence-electron chi connectivity index (χ3n) is 9.46. The lowest BCUT2D eigenvalue weighted by Gasteiger charge is -2.16. The minimum atomic E-state index is 0.415. The van der Waals surface area contributed by atoms with E-state index in [1.807, 2.05) is 48.6 Å². The minimum absolute atomic E-state index is 0.415. The van der Waals surface area contributed by atoms with Gasteiger partial charge in [-0.05, 0) is 97.1 Å². The molecule has 0 N–H and O–H groups in total. The normalized spacial score (nSPS) is 17.1. The van der Waals surface area contributed by atoms with Gasteiger partial charge in [0.25, 0.3) is 0 Å². The Morgan fingerprint density at radius 1 is 0.250 bits per heavy atom. The Labute approximate surface area is 361 Å². The lowest BCUT2D eigenvalue weighted by Crippen LogP contribution is -2.05. The number of allylic oxidation sites excluding steroid dienone is 12. The van der Waals surface area contributed by atoms with Crippen LogP contribution in [0.25, 0.3) is 22.3 Å². The molecule has 4 aromatic rings. The third-order valence-corrected chi connectivity index (χ3v) is 12.0. The molecule has 0 aliphatic carbocycles. The number of aliphatic imine (C=N–C) groups is 4. The van der Waals surface area contributed by atoms with Crippen molar-refractivity contribution in [1.29, 1.82) is 0 Å². The van der Waals surface area contributed by atoms with Crippen LogP contribution in [0.2, 0.25) is 40.2 Å². The highest BCUT2D eigenvalue weighted by Crippen LogP contribution is 2.45. The molecular weight excluding hydrogens is 868 g/mol. The topological polar surface area (TPSA) is 49.4 Å². The summed E-state index contributed by atoms with van der Waals surface area (Å²) in [4.78, 5) is 20.8. The van der Waals surface area contributed by atoms with Crippen LogP contribution in [0.5, 0.6) is 0 Å². The van der Waals surface area contributed by atoms with Gasteiger partial charge in [0.15, 0.2) is 0 Å². The second kappa shape index (κ2) is 14.9. The van der Waals surface area contributed by atoms with E-state index in [1.165, 1.54) is 0 Å². The van der Waals surface area contributed by atoms with Crippen LogP contribution < -0.4 is 0 Å². The standard InChI is InChI=1S/C44H20Cl8N4/c45-21-5-1-6-22(46)37(21)41-29-13-15-31(53-29)42(38-23(47)7-2-8-24(38)48)33-17-19-35(55-33)44(40-27(51)11-4-12-28(40)52)36-20-18-34(56-36)43(32-16-14-30(41)54-32)39-25(49)9-3-10-26(39)50/h1-20H. The van der Waals surface area contributed by atoms with Crippen molar-refractivity contribution in [2.24, 2.45) is 20.0 Å². The fraction of sp³-hybridized carbons (Fsp3) is 0. The smallest absolute Gasteiger partial charge is 0.0739 e. The van der Waals surface area contributed by atoms with Gasteiger partial charge in [-0.25, -0.2) is 20.0 Å². The molecule has 12 heteroatoms. The lowest BCUT2D eigenvalue weighted by molar-refractivity contribution is 1.41. The van der Waals surface area contributed by atoms with E-state index in [0.717, 1.165) is 0 Å². The predicted molar refractivity (Wildman–Crippen MR) is 240 cm³/mol. The van der Waals surface area contributed by atoms with Crippen molar-refractivity contribution in [1.82, 2.24) is 0 Å². The summed E-state index contributed by atoms with van der Waals surface area (Å²) in [6.45, 7) is 0. The van der Waals surface area contributed by atoms with E-state index in [1.54, 1.807) is 72.8 Å². The van der Waals surface area contributed by atoms with E-state index in [0.29, 0.717) is 130 Å². The summed E-state index contributed by atoms with van der Waals surface area (Å²) in [6.07, 6.45) is 15.1. The molecule has 5 aliphatic heterocycles. The molecule has 5 aliphatic rings. The highest BCUT2D eigenvalue weighted by atomic mass is 35.5. The summed E-state index contributed by atoms with van der Waals surface area (Å²) >= 11 is 55.4. The average Bonchev–Trinajstić information content (AvgIpc) is 4.00. The first-order valence-electron chi connectivity index (χ1n) is 16.9. The zero-order valence-corrected chi connectivity index (χ0v) is 34.4. The van der Waals surface area contributed by atoms with Gasteiger partial charge in [0.2, 0.25) is 0 Å². The molecule has 0 saturated heterocycles. The van der Waals surface area contributed by atoms with Gasteiger partial charge in [0, 0.05) is 44.5 Å². The molecule has 0 radical (unpaired) electrons. The van der Waals surface area contributed by atoms with Crippen molar-refractivity contribution >= 4 is 138 Å². The fourth-order valence-corrected chi connectivity index (χ4v) is 9.40. The highest BCUT2D eigenvalue weighted by Gasteiger charge is 2.31. The van der Waals surface area contributed by atoms with Crippen molar-refractivity contribution in [2.75, 3.05) is 0 Å². The van der Waals surface area contributed by atoms with Gasteiger partial charge in [0.05, 0.1) is 85.8 Å². The third kappa shape index (κ3) is 6.43. The number of hydrogen-bond acceptors (Lipinski definition) is 4. The molecule has 0 atom stereocenters. The average molecular weight is 888 g/mol. The molecule has 0 amide bonds. The van der Waals surface area contributed by atoms with Gasteiger partial charge in [0.1, 0.15) is 0 Å². The Kier molecular flexibility index (Phi) is 9.98. The van der Waals surface area contributed by atoms with Crippen LogP contribution in [-0.2, 0) is 0 Å². The second-order valence-electron chi connectivity index (χ2n) is 12.7. The van der Waals surface area contributed by atoms with Gasteiger partial charge in [-0.2, -0.15) is 0 Å². The molecule has 0 spiro atoms. The van der Waals surface area contributed by atoms with Crippen LogP contribution in [0, 0.1) is 0 Å². The van der Waals surface area contributed by atoms with Crippen LogP contribution in [0.4, 0.5) is 0 Å². The maximum atomic E-state index is 6.93. The van der Waals surface area contributed by atoms with Gasteiger partial charge in [-0.1, -0.05) is 117 Å². The van der Waals surface area contributed by atoms with Crippen molar-refractivity contribution in [3.05, 3.63) is 207 Å². The Hall–Kier alpha value is -4.20. The van der Waals surface area contributed by atoms with Crippen LogP contribution >= 0.6 is 92.8 Å². The van der Waals surface area contributed by atoms with E-state index in [9.17, 15) is 0 Å². The molecule has 0 aromatic heterocycles. The molecule has 4 nitrogen and oxygen atoms in total. The first-order chi connectivity index (χ1) is 27.1. The molecule has 0 saturated carbocycles. The largest absolute Gasteiger partial charge is 0.248 e. The Morgan fingerprint density at radius 2 is 0.429 bits per heavy atom. The van der Waals surface area contributed by atoms with Crippen molar-refractivity contribution in [3.8, 4) is 0 Å². The first kappa shape index (κ1) is 37.4. The monoisotopic (exact) mass is 884 g/mol. The van der Waals surface area contributed by atoms with E-state index in [2.05, 4.69) is 0 Å². The Morgan fingerprint density at radius 3 is 0.607 bits per heavy atom. The SMILES string of the molecule is Clc1cccc(Cl)c1C1=C2C=CC(=N2)C(c2c(Cl)cccc2Cl)=C2C=CC(=N2)C(c2c(Cl)cccc2Cl)=C2C=CC(=N2)C(c2c(Cl)cccc2Cl)=C2C=CC1=N2. The quantitative estimate of drug-likeness (QED) is 0.196. The molecule has 5 heterocycles.